The molecule has 0 aromatic heterocycles. The van der Waals surface area contributed by atoms with Crippen molar-refractivity contribution < 1.29 is 27.7 Å². The fraction of sp³-hybridized carbons (Fsp3) is 0. The maximum absolute atomic E-state index is 12.5. The zero-order valence-electron chi connectivity index (χ0n) is 13.2. The molecule has 0 unspecified atom stereocenters. The summed E-state index contributed by atoms with van der Waals surface area (Å²) in [6.07, 6.45) is 0. The number of carboxylic acids is 1. The van der Waals surface area contributed by atoms with E-state index in [0.717, 1.165) is 0 Å². The van der Waals surface area contributed by atoms with Crippen LogP contribution < -0.4 is 5.32 Å². The van der Waals surface area contributed by atoms with Crippen LogP contribution in [0, 0.1) is 0 Å². The van der Waals surface area contributed by atoms with Crippen molar-refractivity contribution in [1.29, 1.82) is 0 Å². The Morgan fingerprint density at radius 1 is 0.885 bits per heavy atom. The molecule has 132 valence electrons. The SMILES string of the molecule is O=C(O)c1ccccc1C(=O)Nc1cccc2cc(S(=O)(=O)O)ccc12. The molecule has 0 fully saturated rings. The fourth-order valence-corrected chi connectivity index (χ4v) is 3.10. The van der Waals surface area contributed by atoms with E-state index in [4.69, 9.17) is 4.55 Å². The first-order valence-corrected chi connectivity index (χ1v) is 8.85. The number of aromatic carboxylic acids is 1. The lowest BCUT2D eigenvalue weighted by Crippen LogP contribution is -2.16. The quantitative estimate of drug-likeness (QED) is 0.606. The molecule has 0 aliphatic carbocycles. The van der Waals surface area contributed by atoms with Gasteiger partial charge in [0.15, 0.2) is 0 Å². The van der Waals surface area contributed by atoms with Crippen LogP contribution in [-0.4, -0.2) is 30.0 Å². The van der Waals surface area contributed by atoms with Crippen LogP contribution in [0.1, 0.15) is 20.7 Å². The van der Waals surface area contributed by atoms with Gasteiger partial charge in [-0.3, -0.25) is 9.35 Å². The Bertz CT molecular complexity index is 1140. The first kappa shape index (κ1) is 17.6. The zero-order valence-corrected chi connectivity index (χ0v) is 14.0. The lowest BCUT2D eigenvalue weighted by Gasteiger charge is -2.11. The number of carbonyl (C=O) groups excluding carboxylic acids is 1. The summed E-state index contributed by atoms with van der Waals surface area (Å²) < 4.78 is 31.7. The minimum absolute atomic E-state index is 0.00607. The Hall–Kier alpha value is -3.23. The molecule has 0 spiro atoms. The summed E-state index contributed by atoms with van der Waals surface area (Å²) in [6.45, 7) is 0. The van der Waals surface area contributed by atoms with Crippen molar-refractivity contribution >= 4 is 38.5 Å². The van der Waals surface area contributed by atoms with Crippen LogP contribution >= 0.6 is 0 Å². The van der Waals surface area contributed by atoms with Gasteiger partial charge in [0.2, 0.25) is 0 Å². The zero-order chi connectivity index (χ0) is 18.9. The lowest BCUT2D eigenvalue weighted by molar-refractivity contribution is 0.0692. The van der Waals surface area contributed by atoms with Crippen LogP contribution in [0.4, 0.5) is 5.69 Å². The Balaban J connectivity index is 2.02. The van der Waals surface area contributed by atoms with Crippen LogP contribution in [0.15, 0.2) is 65.6 Å². The van der Waals surface area contributed by atoms with Crippen molar-refractivity contribution in [3.8, 4) is 0 Å². The van der Waals surface area contributed by atoms with Crippen molar-refractivity contribution in [2.24, 2.45) is 0 Å². The van der Waals surface area contributed by atoms with Gasteiger partial charge in [-0.1, -0.05) is 30.3 Å². The van der Waals surface area contributed by atoms with E-state index in [9.17, 15) is 23.1 Å². The number of carboxylic acid groups (broad SMARTS) is 1. The molecule has 26 heavy (non-hydrogen) atoms. The monoisotopic (exact) mass is 371 g/mol. The van der Waals surface area contributed by atoms with E-state index in [0.29, 0.717) is 16.5 Å². The maximum Gasteiger partial charge on any atom is 0.336 e. The average molecular weight is 371 g/mol. The number of nitrogens with one attached hydrogen (secondary N) is 1. The highest BCUT2D eigenvalue weighted by Crippen LogP contribution is 2.26. The minimum atomic E-state index is -4.34. The second-order valence-corrected chi connectivity index (χ2v) is 6.89. The highest BCUT2D eigenvalue weighted by Gasteiger charge is 2.17. The molecular weight excluding hydrogens is 358 g/mol. The molecule has 1 amide bonds. The van der Waals surface area contributed by atoms with E-state index in [2.05, 4.69) is 5.32 Å². The van der Waals surface area contributed by atoms with Gasteiger partial charge in [-0.15, -0.1) is 0 Å². The number of fused-ring (bicyclic) bond motifs is 1. The Morgan fingerprint density at radius 2 is 1.58 bits per heavy atom. The van der Waals surface area contributed by atoms with Crippen molar-refractivity contribution in [1.82, 2.24) is 0 Å². The van der Waals surface area contributed by atoms with Crippen molar-refractivity contribution in [2.45, 2.75) is 4.90 Å². The summed E-state index contributed by atoms with van der Waals surface area (Å²) in [4.78, 5) is 23.5. The second kappa shape index (κ2) is 6.58. The molecule has 3 rings (SSSR count). The number of carbonyl (C=O) groups is 2. The summed E-state index contributed by atoms with van der Waals surface area (Å²) >= 11 is 0. The number of benzene rings is 3. The third-order valence-corrected chi connectivity index (χ3v) is 4.65. The highest BCUT2D eigenvalue weighted by atomic mass is 32.2. The molecule has 7 nitrogen and oxygen atoms in total. The Morgan fingerprint density at radius 3 is 2.23 bits per heavy atom. The molecule has 0 radical (unpaired) electrons. The van der Waals surface area contributed by atoms with Gasteiger partial charge in [0.1, 0.15) is 0 Å². The van der Waals surface area contributed by atoms with Crippen LogP contribution in [0.25, 0.3) is 10.8 Å². The summed E-state index contributed by atoms with van der Waals surface area (Å²) in [5.74, 6) is -1.82. The first-order valence-electron chi connectivity index (χ1n) is 7.41. The van der Waals surface area contributed by atoms with Gasteiger partial charge < -0.3 is 10.4 Å². The molecule has 3 N–H and O–H groups in total. The summed E-state index contributed by atoms with van der Waals surface area (Å²) in [7, 11) is -4.34. The van der Waals surface area contributed by atoms with Gasteiger partial charge in [-0.2, -0.15) is 8.42 Å². The van der Waals surface area contributed by atoms with Crippen LogP contribution in [0.3, 0.4) is 0 Å². The molecule has 3 aromatic carbocycles. The predicted octanol–water partition coefficient (Wildman–Crippen LogP) is 3.04. The topological polar surface area (TPSA) is 121 Å². The molecule has 0 bridgehead atoms. The average Bonchev–Trinajstić information content (AvgIpc) is 2.60. The number of anilines is 1. The van der Waals surface area contributed by atoms with E-state index in [1.807, 2.05) is 0 Å². The standard InChI is InChI=1S/C18H13NO6S/c20-17(14-5-1-2-6-15(14)18(21)22)19-16-7-3-4-11-10-12(26(23,24)25)8-9-13(11)16/h1-10H,(H,19,20)(H,21,22)(H,23,24,25). The van der Waals surface area contributed by atoms with E-state index >= 15 is 0 Å². The molecule has 0 saturated carbocycles. The summed E-state index contributed by atoms with van der Waals surface area (Å²) in [5, 5.41) is 12.9. The largest absolute Gasteiger partial charge is 0.478 e. The fourth-order valence-electron chi connectivity index (χ4n) is 2.59. The maximum atomic E-state index is 12.5. The van der Waals surface area contributed by atoms with Crippen molar-refractivity contribution in [3.63, 3.8) is 0 Å². The molecule has 8 heteroatoms. The van der Waals surface area contributed by atoms with Gasteiger partial charge in [-0.25, -0.2) is 4.79 Å². The van der Waals surface area contributed by atoms with Crippen LogP contribution in [0.5, 0.6) is 0 Å². The van der Waals surface area contributed by atoms with Crippen molar-refractivity contribution in [2.75, 3.05) is 5.32 Å². The predicted molar refractivity (Wildman–Crippen MR) is 95.1 cm³/mol. The third-order valence-electron chi connectivity index (χ3n) is 3.80. The highest BCUT2D eigenvalue weighted by molar-refractivity contribution is 7.85. The third kappa shape index (κ3) is 3.41. The number of amides is 1. The first-order chi connectivity index (χ1) is 12.3. The number of hydrogen-bond donors (Lipinski definition) is 3. The van der Waals surface area contributed by atoms with Gasteiger partial charge >= 0.3 is 5.97 Å². The Kier molecular flexibility index (Phi) is 4.45. The molecule has 3 aromatic rings. The van der Waals surface area contributed by atoms with Crippen molar-refractivity contribution in [3.05, 3.63) is 71.8 Å². The normalized spacial score (nSPS) is 11.3. The molecule has 0 atom stereocenters. The smallest absolute Gasteiger partial charge is 0.336 e. The van der Waals surface area contributed by atoms with E-state index in [1.54, 1.807) is 24.3 Å². The van der Waals surface area contributed by atoms with E-state index in [1.165, 1.54) is 36.4 Å². The van der Waals surface area contributed by atoms with Crippen LogP contribution in [0.2, 0.25) is 0 Å². The van der Waals surface area contributed by atoms with E-state index in [-0.39, 0.29) is 16.0 Å². The van der Waals surface area contributed by atoms with Gasteiger partial charge in [0, 0.05) is 11.1 Å². The van der Waals surface area contributed by atoms with Gasteiger partial charge in [-0.05, 0) is 35.7 Å². The van der Waals surface area contributed by atoms with Gasteiger partial charge in [0.25, 0.3) is 16.0 Å². The summed E-state index contributed by atoms with van der Waals surface area (Å²) in [6, 6.07) is 14.6. The molecule has 0 aliphatic heterocycles. The van der Waals surface area contributed by atoms with E-state index < -0.39 is 22.0 Å². The summed E-state index contributed by atoms with van der Waals surface area (Å²) in [5.41, 5.74) is 0.264. The van der Waals surface area contributed by atoms with Crippen LogP contribution in [-0.2, 0) is 10.1 Å². The Labute approximate surface area is 148 Å². The number of rotatable bonds is 4. The molecule has 0 aliphatic rings. The number of hydrogen-bond acceptors (Lipinski definition) is 4. The van der Waals surface area contributed by atoms with Gasteiger partial charge in [0.05, 0.1) is 16.0 Å². The minimum Gasteiger partial charge on any atom is -0.478 e. The lowest BCUT2D eigenvalue weighted by atomic mass is 10.1. The molecule has 0 heterocycles. The molecule has 0 saturated heterocycles. The second-order valence-electron chi connectivity index (χ2n) is 5.47. The molecular formula is C18H13NO6S.